The van der Waals surface area contributed by atoms with Crippen LogP contribution in [0.5, 0.6) is 0 Å². The molecule has 0 saturated carbocycles. The van der Waals surface area contributed by atoms with E-state index in [1.54, 1.807) is 0 Å². The van der Waals surface area contributed by atoms with Crippen molar-refractivity contribution in [2.75, 3.05) is 5.75 Å². The van der Waals surface area contributed by atoms with Crippen LogP contribution in [0.1, 0.15) is 0 Å². The Bertz CT molecular complexity index is 583. The zero-order valence-corrected chi connectivity index (χ0v) is 14.5. The Kier molecular flexibility index (Phi) is 6.69. The molecule has 0 radical (unpaired) electrons. The van der Waals surface area contributed by atoms with Crippen molar-refractivity contribution in [2.45, 2.75) is 4.90 Å². The molecule has 0 aromatic heterocycles. The van der Waals surface area contributed by atoms with Crippen molar-refractivity contribution in [1.82, 2.24) is 0 Å². The number of benzene rings is 2. The molecule has 0 nitrogen and oxygen atoms in total. The molecule has 0 heterocycles. The summed E-state index contributed by atoms with van der Waals surface area (Å²) in [4.78, 5) is 0.829. The van der Waals surface area contributed by atoms with Crippen LogP contribution in [0.2, 0.25) is 0 Å². The molecule has 0 bridgehead atoms. The summed E-state index contributed by atoms with van der Waals surface area (Å²) in [5.41, 5.74) is -0.645. The van der Waals surface area contributed by atoms with Gasteiger partial charge in [-0.25, -0.2) is 0 Å². The van der Waals surface area contributed by atoms with E-state index < -0.39 is 12.4 Å². The van der Waals surface area contributed by atoms with E-state index in [0.717, 1.165) is 15.7 Å². The minimum Gasteiger partial charge on any atom is -0.445 e. The smallest absolute Gasteiger partial charge is 0.445 e. The average Bonchev–Trinajstić information content (AvgIpc) is 2.34. The summed E-state index contributed by atoms with van der Waals surface area (Å²) in [7, 11) is 0. The van der Waals surface area contributed by atoms with Crippen molar-refractivity contribution in [3.8, 4) is 0 Å². The molecule has 0 saturated heterocycles. The second kappa shape index (κ2) is 7.34. The molecule has 0 aliphatic carbocycles. The third-order valence-electron chi connectivity index (χ3n) is 2.61. The SMILES string of the molecule is C=C(CSc1ccc2ccccc2c1)[B-](F)(F)F.[K+]. The fraction of sp³-hybridized carbons (Fsp3) is 0.0769. The van der Waals surface area contributed by atoms with Crippen molar-refractivity contribution in [2.24, 2.45) is 0 Å². The Morgan fingerprint density at radius 3 is 2.32 bits per heavy atom. The zero-order chi connectivity index (χ0) is 13.2. The maximum absolute atomic E-state index is 12.4. The Hall–Kier alpha value is 0.281. The number of halogens is 3. The first kappa shape index (κ1) is 17.3. The van der Waals surface area contributed by atoms with Gasteiger partial charge in [0.1, 0.15) is 0 Å². The van der Waals surface area contributed by atoms with Gasteiger partial charge in [0, 0.05) is 4.90 Å². The van der Waals surface area contributed by atoms with Crippen LogP contribution >= 0.6 is 11.8 Å². The summed E-state index contributed by atoms with van der Waals surface area (Å²) >= 11 is 1.17. The minimum atomic E-state index is -4.92. The quantitative estimate of drug-likeness (QED) is 0.614. The molecule has 2 aromatic rings. The third-order valence-corrected chi connectivity index (χ3v) is 3.71. The van der Waals surface area contributed by atoms with E-state index in [4.69, 9.17) is 0 Å². The molecule has 6 heteroatoms. The first-order valence-electron chi connectivity index (χ1n) is 5.46. The van der Waals surface area contributed by atoms with Crippen LogP contribution in [-0.2, 0) is 0 Å². The van der Waals surface area contributed by atoms with Gasteiger partial charge in [-0.05, 0) is 28.7 Å². The van der Waals surface area contributed by atoms with Crippen LogP contribution in [0.25, 0.3) is 10.8 Å². The Morgan fingerprint density at radius 2 is 1.68 bits per heavy atom. The molecular weight excluding hydrogens is 295 g/mol. The van der Waals surface area contributed by atoms with Crippen molar-refractivity contribution in [1.29, 1.82) is 0 Å². The van der Waals surface area contributed by atoms with Gasteiger partial charge >= 0.3 is 58.4 Å². The van der Waals surface area contributed by atoms with E-state index in [1.165, 1.54) is 11.8 Å². The fourth-order valence-corrected chi connectivity index (χ4v) is 2.44. The molecule has 94 valence electrons. The molecule has 0 spiro atoms. The van der Waals surface area contributed by atoms with Gasteiger partial charge in [-0.3, -0.25) is 0 Å². The molecule has 2 aromatic carbocycles. The van der Waals surface area contributed by atoms with Crippen LogP contribution in [0.15, 0.2) is 59.4 Å². The Labute approximate surface area is 157 Å². The summed E-state index contributed by atoms with van der Waals surface area (Å²) in [5.74, 6) is -0.109. The van der Waals surface area contributed by atoms with Crippen molar-refractivity contribution in [3.63, 3.8) is 0 Å². The monoisotopic (exact) mass is 306 g/mol. The van der Waals surface area contributed by atoms with Crippen molar-refractivity contribution >= 4 is 29.5 Å². The maximum Gasteiger partial charge on any atom is 1.00 e. The van der Waals surface area contributed by atoms with Gasteiger partial charge < -0.3 is 12.9 Å². The van der Waals surface area contributed by atoms with Gasteiger partial charge in [0.25, 0.3) is 0 Å². The van der Waals surface area contributed by atoms with E-state index in [1.807, 2.05) is 42.5 Å². The van der Waals surface area contributed by atoms with Crippen molar-refractivity contribution < 1.29 is 64.3 Å². The number of fused-ring (bicyclic) bond motifs is 1. The van der Waals surface area contributed by atoms with Gasteiger partial charge in [0.15, 0.2) is 0 Å². The molecule has 2 rings (SSSR count). The Balaban J connectivity index is 0.00000180. The molecule has 0 fully saturated rings. The second-order valence-corrected chi connectivity index (χ2v) is 5.08. The largest absolute Gasteiger partial charge is 1.00 e. The summed E-state index contributed by atoms with van der Waals surface area (Å²) in [6, 6.07) is 13.4. The third kappa shape index (κ3) is 4.95. The summed E-state index contributed by atoms with van der Waals surface area (Å²) in [6.07, 6.45) is 0. The van der Waals surface area contributed by atoms with Gasteiger partial charge in [-0.15, -0.1) is 23.8 Å². The van der Waals surface area contributed by atoms with E-state index in [-0.39, 0.29) is 57.1 Å². The topological polar surface area (TPSA) is 0 Å². The first-order valence-corrected chi connectivity index (χ1v) is 6.44. The van der Waals surface area contributed by atoms with Crippen LogP contribution in [0, 0.1) is 0 Å². The molecule has 0 aliphatic rings. The predicted octanol–water partition coefficient (Wildman–Crippen LogP) is 1.88. The average molecular weight is 306 g/mol. The van der Waals surface area contributed by atoms with Gasteiger partial charge in [-0.2, -0.15) is 0 Å². The normalized spacial score (nSPS) is 11.1. The maximum atomic E-state index is 12.4. The first-order chi connectivity index (χ1) is 8.47. The van der Waals surface area contributed by atoms with Crippen LogP contribution in [-0.4, -0.2) is 12.7 Å². The standard InChI is InChI=1S/C13H11BF3S.K/c1-10(14(15,16)17)9-18-13-7-6-11-4-2-3-5-12(11)8-13;/h2-8H,1,9H2;/q-1;+1. The zero-order valence-electron chi connectivity index (χ0n) is 10.6. The Morgan fingerprint density at radius 1 is 1.05 bits per heavy atom. The number of thioether (sulfide) groups is 1. The van der Waals surface area contributed by atoms with E-state index in [0.29, 0.717) is 0 Å². The molecule has 0 N–H and O–H groups in total. The molecule has 0 aliphatic heterocycles. The fourth-order valence-electron chi connectivity index (χ4n) is 1.53. The summed E-state index contributed by atoms with van der Waals surface area (Å²) in [6.45, 7) is -1.84. The number of hydrogen-bond acceptors (Lipinski definition) is 1. The van der Waals surface area contributed by atoms with Gasteiger partial charge in [0.2, 0.25) is 0 Å². The number of hydrogen-bond donors (Lipinski definition) is 0. The van der Waals surface area contributed by atoms with E-state index in [2.05, 4.69) is 6.58 Å². The predicted molar refractivity (Wildman–Crippen MR) is 72.9 cm³/mol. The van der Waals surface area contributed by atoms with Crippen molar-refractivity contribution in [3.05, 3.63) is 54.5 Å². The minimum absolute atomic E-state index is 0. The van der Waals surface area contributed by atoms with E-state index in [9.17, 15) is 12.9 Å². The van der Waals surface area contributed by atoms with Crippen LogP contribution < -0.4 is 51.4 Å². The van der Waals surface area contributed by atoms with Gasteiger partial charge in [0.05, 0.1) is 0 Å². The molecular formula is C13H11BF3KS. The van der Waals surface area contributed by atoms with Crippen LogP contribution in [0.3, 0.4) is 0 Å². The molecule has 0 unspecified atom stereocenters. The summed E-state index contributed by atoms with van der Waals surface area (Å²) in [5, 5.41) is 2.12. The summed E-state index contributed by atoms with van der Waals surface area (Å²) < 4.78 is 37.1. The number of rotatable bonds is 4. The van der Waals surface area contributed by atoms with Crippen LogP contribution in [0.4, 0.5) is 12.9 Å². The van der Waals surface area contributed by atoms with Gasteiger partial charge in [-0.1, -0.05) is 30.3 Å². The molecule has 0 atom stereocenters. The van der Waals surface area contributed by atoms with E-state index >= 15 is 0 Å². The molecule has 0 amide bonds. The second-order valence-electron chi connectivity index (χ2n) is 4.03. The molecule has 19 heavy (non-hydrogen) atoms.